The fourth-order valence-corrected chi connectivity index (χ4v) is 1.58. The standard InChI is InChI=1S/C14H20N2OS/c1-14(2,3)8-9-16-13(17)11-6-4-10(5-7-11)12(15)18/h4-7H,8-9H2,1-3H3,(H2,15,18)(H,16,17). The van der Waals surface area contributed by atoms with Gasteiger partial charge < -0.3 is 11.1 Å². The van der Waals surface area contributed by atoms with E-state index in [1.807, 2.05) is 0 Å². The molecule has 0 aliphatic carbocycles. The van der Waals surface area contributed by atoms with Crippen LogP contribution in [0.5, 0.6) is 0 Å². The van der Waals surface area contributed by atoms with Gasteiger partial charge in [-0.1, -0.05) is 45.1 Å². The first-order valence-corrected chi connectivity index (χ1v) is 6.38. The third-order valence-electron chi connectivity index (χ3n) is 2.59. The summed E-state index contributed by atoms with van der Waals surface area (Å²) < 4.78 is 0. The molecule has 1 amide bonds. The summed E-state index contributed by atoms with van der Waals surface area (Å²) in [6.07, 6.45) is 0.948. The minimum Gasteiger partial charge on any atom is -0.389 e. The highest BCUT2D eigenvalue weighted by Crippen LogP contribution is 2.17. The molecular formula is C14H20N2OS. The van der Waals surface area contributed by atoms with Gasteiger partial charge in [-0.3, -0.25) is 4.79 Å². The second kappa shape index (κ2) is 5.96. The number of amides is 1. The fraction of sp³-hybridized carbons (Fsp3) is 0.429. The molecule has 0 aliphatic rings. The Morgan fingerprint density at radius 2 is 1.72 bits per heavy atom. The zero-order valence-corrected chi connectivity index (χ0v) is 11.9. The molecule has 1 rings (SSSR count). The fourth-order valence-electron chi connectivity index (χ4n) is 1.44. The van der Waals surface area contributed by atoms with E-state index in [-0.39, 0.29) is 11.3 Å². The Kier molecular flexibility index (Phi) is 4.84. The monoisotopic (exact) mass is 264 g/mol. The van der Waals surface area contributed by atoms with E-state index in [0.29, 0.717) is 17.1 Å². The molecule has 0 spiro atoms. The van der Waals surface area contributed by atoms with Crippen molar-refractivity contribution in [2.45, 2.75) is 27.2 Å². The van der Waals surface area contributed by atoms with Crippen LogP contribution in [-0.4, -0.2) is 17.4 Å². The zero-order chi connectivity index (χ0) is 13.8. The van der Waals surface area contributed by atoms with Crippen LogP contribution in [0.4, 0.5) is 0 Å². The molecule has 4 heteroatoms. The van der Waals surface area contributed by atoms with Gasteiger partial charge in [-0.05, 0) is 24.0 Å². The summed E-state index contributed by atoms with van der Waals surface area (Å²) in [5.41, 5.74) is 7.13. The van der Waals surface area contributed by atoms with Gasteiger partial charge in [0.25, 0.3) is 5.91 Å². The Balaban J connectivity index is 2.54. The molecule has 98 valence electrons. The van der Waals surface area contributed by atoms with Crippen molar-refractivity contribution in [1.29, 1.82) is 0 Å². The highest BCUT2D eigenvalue weighted by atomic mass is 32.1. The average Bonchev–Trinajstić information content (AvgIpc) is 2.27. The van der Waals surface area contributed by atoms with Crippen molar-refractivity contribution < 1.29 is 4.79 Å². The summed E-state index contributed by atoms with van der Waals surface area (Å²) in [5.74, 6) is -0.0614. The van der Waals surface area contributed by atoms with Gasteiger partial charge >= 0.3 is 0 Å². The topological polar surface area (TPSA) is 55.1 Å². The third-order valence-corrected chi connectivity index (χ3v) is 2.83. The van der Waals surface area contributed by atoms with Gasteiger partial charge in [0.15, 0.2) is 0 Å². The quantitative estimate of drug-likeness (QED) is 0.822. The number of carbonyl (C=O) groups is 1. The summed E-state index contributed by atoms with van der Waals surface area (Å²) >= 11 is 4.86. The van der Waals surface area contributed by atoms with E-state index in [0.717, 1.165) is 12.0 Å². The van der Waals surface area contributed by atoms with E-state index in [2.05, 4.69) is 26.1 Å². The van der Waals surface area contributed by atoms with Crippen LogP contribution in [0, 0.1) is 5.41 Å². The minimum absolute atomic E-state index is 0.0614. The first-order valence-electron chi connectivity index (χ1n) is 5.98. The SMILES string of the molecule is CC(C)(C)CCNC(=O)c1ccc(C(N)=S)cc1. The molecule has 0 aliphatic heterocycles. The summed E-state index contributed by atoms with van der Waals surface area (Å²) in [7, 11) is 0. The molecule has 0 aromatic heterocycles. The summed E-state index contributed by atoms with van der Waals surface area (Å²) in [6, 6.07) is 7.00. The molecule has 3 N–H and O–H groups in total. The number of rotatable bonds is 4. The molecule has 3 nitrogen and oxygen atoms in total. The Bertz CT molecular complexity index is 432. The lowest BCUT2D eigenvalue weighted by atomic mass is 9.92. The summed E-state index contributed by atoms with van der Waals surface area (Å²) in [4.78, 5) is 12.2. The van der Waals surface area contributed by atoms with Gasteiger partial charge in [-0.2, -0.15) is 0 Å². The van der Waals surface area contributed by atoms with Crippen LogP contribution in [-0.2, 0) is 0 Å². The normalized spacial score (nSPS) is 11.1. The first-order chi connectivity index (χ1) is 8.29. The highest BCUT2D eigenvalue weighted by Gasteiger charge is 2.11. The molecule has 0 saturated carbocycles. The number of benzene rings is 1. The largest absolute Gasteiger partial charge is 0.389 e. The van der Waals surface area contributed by atoms with Gasteiger partial charge in [-0.15, -0.1) is 0 Å². The molecule has 0 bridgehead atoms. The molecular weight excluding hydrogens is 244 g/mol. The van der Waals surface area contributed by atoms with Crippen LogP contribution >= 0.6 is 12.2 Å². The van der Waals surface area contributed by atoms with Gasteiger partial charge in [0.05, 0.1) is 0 Å². The maximum Gasteiger partial charge on any atom is 0.251 e. The van der Waals surface area contributed by atoms with Crippen molar-refractivity contribution in [3.63, 3.8) is 0 Å². The van der Waals surface area contributed by atoms with Crippen molar-refractivity contribution in [1.82, 2.24) is 5.32 Å². The van der Waals surface area contributed by atoms with Crippen LogP contribution in [0.15, 0.2) is 24.3 Å². The van der Waals surface area contributed by atoms with Gasteiger partial charge in [0, 0.05) is 17.7 Å². The zero-order valence-electron chi connectivity index (χ0n) is 11.1. The highest BCUT2D eigenvalue weighted by molar-refractivity contribution is 7.80. The number of thiocarbonyl (C=S) groups is 1. The number of nitrogens with one attached hydrogen (secondary N) is 1. The summed E-state index contributed by atoms with van der Waals surface area (Å²) in [5, 5.41) is 2.90. The van der Waals surface area contributed by atoms with E-state index in [9.17, 15) is 4.79 Å². The molecule has 0 unspecified atom stereocenters. The predicted octanol–water partition coefficient (Wildman–Crippen LogP) is 2.49. The number of carbonyl (C=O) groups excluding carboxylic acids is 1. The van der Waals surface area contributed by atoms with Gasteiger partial charge in [0.1, 0.15) is 4.99 Å². The summed E-state index contributed by atoms with van der Waals surface area (Å²) in [6.45, 7) is 7.13. The lowest BCUT2D eigenvalue weighted by molar-refractivity contribution is 0.0949. The second-order valence-electron chi connectivity index (χ2n) is 5.51. The van der Waals surface area contributed by atoms with Crippen molar-refractivity contribution in [2.75, 3.05) is 6.54 Å². The smallest absolute Gasteiger partial charge is 0.251 e. The lowest BCUT2D eigenvalue weighted by Crippen LogP contribution is -2.27. The molecule has 0 fully saturated rings. The Hall–Kier alpha value is -1.42. The van der Waals surface area contributed by atoms with E-state index < -0.39 is 0 Å². The van der Waals surface area contributed by atoms with Crippen molar-refractivity contribution in [2.24, 2.45) is 11.1 Å². The first kappa shape index (κ1) is 14.6. The average molecular weight is 264 g/mol. The van der Waals surface area contributed by atoms with Gasteiger partial charge in [-0.25, -0.2) is 0 Å². The van der Waals surface area contributed by atoms with Crippen molar-refractivity contribution in [3.8, 4) is 0 Å². The third kappa shape index (κ3) is 4.84. The maximum atomic E-state index is 11.8. The maximum absolute atomic E-state index is 11.8. The second-order valence-corrected chi connectivity index (χ2v) is 5.95. The van der Waals surface area contributed by atoms with E-state index in [1.165, 1.54) is 0 Å². The lowest BCUT2D eigenvalue weighted by Gasteiger charge is -2.18. The minimum atomic E-state index is -0.0614. The Morgan fingerprint density at radius 3 is 2.17 bits per heavy atom. The number of hydrogen-bond donors (Lipinski definition) is 2. The van der Waals surface area contributed by atoms with E-state index in [4.69, 9.17) is 18.0 Å². The number of hydrogen-bond acceptors (Lipinski definition) is 2. The number of nitrogens with two attached hydrogens (primary N) is 1. The van der Waals surface area contributed by atoms with Gasteiger partial charge in [0.2, 0.25) is 0 Å². The van der Waals surface area contributed by atoms with E-state index in [1.54, 1.807) is 24.3 Å². The van der Waals surface area contributed by atoms with Crippen molar-refractivity contribution in [3.05, 3.63) is 35.4 Å². The molecule has 0 atom stereocenters. The van der Waals surface area contributed by atoms with Crippen LogP contribution < -0.4 is 11.1 Å². The van der Waals surface area contributed by atoms with Crippen molar-refractivity contribution >= 4 is 23.1 Å². The van der Waals surface area contributed by atoms with E-state index >= 15 is 0 Å². The Morgan fingerprint density at radius 1 is 1.22 bits per heavy atom. The molecule has 0 saturated heterocycles. The van der Waals surface area contributed by atoms with Crippen LogP contribution in [0.2, 0.25) is 0 Å². The Labute approximate surface area is 114 Å². The molecule has 18 heavy (non-hydrogen) atoms. The predicted molar refractivity (Wildman–Crippen MR) is 78.7 cm³/mol. The molecule has 0 heterocycles. The van der Waals surface area contributed by atoms with Crippen LogP contribution in [0.25, 0.3) is 0 Å². The molecule has 1 aromatic rings. The van der Waals surface area contributed by atoms with Crippen LogP contribution in [0.1, 0.15) is 43.1 Å². The molecule has 0 radical (unpaired) electrons. The molecule has 1 aromatic carbocycles. The van der Waals surface area contributed by atoms with Crippen LogP contribution in [0.3, 0.4) is 0 Å².